The first-order valence-corrected chi connectivity index (χ1v) is 11.2. The number of nitrogens with zero attached hydrogens (tertiary/aromatic N) is 1. The third-order valence-electron chi connectivity index (χ3n) is 4.70. The zero-order valence-corrected chi connectivity index (χ0v) is 19.6. The lowest BCUT2D eigenvalue weighted by molar-refractivity contribution is 0.102. The van der Waals surface area contributed by atoms with Crippen LogP contribution < -0.4 is 15.0 Å². The minimum absolute atomic E-state index is 0.0934. The predicted molar refractivity (Wildman–Crippen MR) is 135 cm³/mol. The van der Waals surface area contributed by atoms with Crippen molar-refractivity contribution >= 4 is 56.6 Å². The van der Waals surface area contributed by atoms with Gasteiger partial charge in [-0.2, -0.15) is 0 Å². The monoisotopic (exact) mass is 520 g/mol. The van der Waals surface area contributed by atoms with Crippen LogP contribution in [0.2, 0.25) is 5.02 Å². The lowest BCUT2D eigenvalue weighted by atomic mass is 10.1. The number of hydrogen-bond donors (Lipinski definition) is 1. The van der Waals surface area contributed by atoms with Gasteiger partial charge in [0.15, 0.2) is 0 Å². The Hall–Kier alpha value is -3.61. The highest BCUT2D eigenvalue weighted by Gasteiger charge is 2.23. The third-order valence-corrected chi connectivity index (χ3v) is 5.46. The molecule has 5 nitrogen and oxygen atoms in total. The number of carbonyl (C=O) groups is 2. The maximum Gasteiger partial charge on any atom is 0.424 e. The van der Waals surface area contributed by atoms with Crippen LogP contribution in [0.4, 0.5) is 21.9 Å². The summed E-state index contributed by atoms with van der Waals surface area (Å²) in [6.07, 6.45) is -0.660. The van der Waals surface area contributed by atoms with E-state index in [4.69, 9.17) is 16.3 Å². The highest BCUT2D eigenvalue weighted by molar-refractivity contribution is 9.10. The topological polar surface area (TPSA) is 58.6 Å². The fourth-order valence-corrected chi connectivity index (χ4v) is 3.59. The van der Waals surface area contributed by atoms with Crippen LogP contribution in [0.15, 0.2) is 108 Å². The fourth-order valence-electron chi connectivity index (χ4n) is 3.15. The fraction of sp³-hybridized carbons (Fsp3) is 0. The number of hydrogen-bond acceptors (Lipinski definition) is 3. The van der Waals surface area contributed by atoms with Gasteiger partial charge in [-0.1, -0.05) is 63.9 Å². The van der Waals surface area contributed by atoms with Crippen LogP contribution >= 0.6 is 27.5 Å². The summed E-state index contributed by atoms with van der Waals surface area (Å²) in [5, 5.41) is 3.14. The van der Waals surface area contributed by atoms with Crippen molar-refractivity contribution in [3.05, 3.63) is 118 Å². The molecule has 0 saturated carbocycles. The van der Waals surface area contributed by atoms with Gasteiger partial charge in [0.25, 0.3) is 5.91 Å². The molecule has 33 heavy (non-hydrogen) atoms. The number of para-hydroxylation sites is 2. The maximum absolute atomic E-state index is 13.3. The molecule has 0 spiro atoms. The molecular weight excluding hydrogens is 504 g/mol. The number of nitrogens with one attached hydrogen (secondary N) is 1. The first-order chi connectivity index (χ1) is 16.0. The van der Waals surface area contributed by atoms with Gasteiger partial charge in [-0.05, 0) is 66.7 Å². The van der Waals surface area contributed by atoms with E-state index in [1.807, 2.05) is 48.5 Å². The van der Waals surface area contributed by atoms with Gasteiger partial charge in [0.2, 0.25) is 0 Å². The second-order valence-corrected chi connectivity index (χ2v) is 8.33. The van der Waals surface area contributed by atoms with E-state index in [0.717, 1.165) is 4.47 Å². The maximum atomic E-state index is 13.3. The number of amides is 2. The Morgan fingerprint density at radius 2 is 1.36 bits per heavy atom. The summed E-state index contributed by atoms with van der Waals surface area (Å²) < 4.78 is 6.60. The number of carbonyl (C=O) groups excluding carboxylic acids is 2. The Labute approximate surface area is 204 Å². The van der Waals surface area contributed by atoms with Gasteiger partial charge in [0.05, 0.1) is 16.9 Å². The molecule has 0 aliphatic heterocycles. The van der Waals surface area contributed by atoms with E-state index in [1.54, 1.807) is 42.5 Å². The molecule has 0 aliphatic carbocycles. The number of ether oxygens (including phenoxy) is 1. The van der Waals surface area contributed by atoms with Gasteiger partial charge in [-0.15, -0.1) is 0 Å². The molecule has 164 valence electrons. The average Bonchev–Trinajstić information content (AvgIpc) is 2.83. The van der Waals surface area contributed by atoms with Crippen molar-refractivity contribution in [2.75, 3.05) is 10.2 Å². The van der Waals surface area contributed by atoms with Gasteiger partial charge in [0, 0.05) is 15.2 Å². The summed E-state index contributed by atoms with van der Waals surface area (Å²) in [6.45, 7) is 0. The van der Waals surface area contributed by atoms with E-state index in [1.165, 1.54) is 17.0 Å². The Morgan fingerprint density at radius 3 is 1.94 bits per heavy atom. The van der Waals surface area contributed by atoms with Gasteiger partial charge in [0.1, 0.15) is 5.75 Å². The summed E-state index contributed by atoms with van der Waals surface area (Å²) in [6, 6.07) is 29.9. The van der Waals surface area contributed by atoms with Crippen LogP contribution in [0.1, 0.15) is 10.4 Å². The lowest BCUT2D eigenvalue weighted by Crippen LogP contribution is -2.29. The van der Waals surface area contributed by atoms with Crippen molar-refractivity contribution in [2.24, 2.45) is 0 Å². The van der Waals surface area contributed by atoms with E-state index in [-0.39, 0.29) is 11.3 Å². The van der Waals surface area contributed by atoms with E-state index >= 15 is 0 Å². The summed E-state index contributed by atoms with van der Waals surface area (Å²) in [4.78, 5) is 27.7. The normalized spacial score (nSPS) is 10.4. The molecule has 4 aromatic carbocycles. The highest BCUT2D eigenvalue weighted by atomic mass is 79.9. The third kappa shape index (κ3) is 5.61. The molecule has 2 amide bonds. The van der Waals surface area contributed by atoms with Gasteiger partial charge in [-0.3, -0.25) is 4.79 Å². The van der Waals surface area contributed by atoms with Crippen LogP contribution in [0.25, 0.3) is 0 Å². The second kappa shape index (κ2) is 10.3. The van der Waals surface area contributed by atoms with Crippen molar-refractivity contribution in [3.8, 4) is 5.75 Å². The van der Waals surface area contributed by atoms with Crippen LogP contribution in [0.3, 0.4) is 0 Å². The number of halogens is 2. The average molecular weight is 522 g/mol. The standard InChI is InChI=1S/C26H18BrClN2O3/c27-18-11-14-20(15-12-18)29-25(31)23-17-19(28)13-16-24(23)33-26(32)30(21-7-3-1-4-8-21)22-9-5-2-6-10-22/h1-17H,(H,29,31). The van der Waals surface area contributed by atoms with Gasteiger partial charge < -0.3 is 10.1 Å². The molecule has 0 heterocycles. The quantitative estimate of drug-likeness (QED) is 0.293. The van der Waals surface area contributed by atoms with Crippen molar-refractivity contribution < 1.29 is 14.3 Å². The lowest BCUT2D eigenvalue weighted by Gasteiger charge is -2.23. The minimum atomic E-state index is -0.660. The minimum Gasteiger partial charge on any atom is -0.409 e. The largest absolute Gasteiger partial charge is 0.424 e. The molecule has 0 aromatic heterocycles. The molecule has 0 radical (unpaired) electrons. The Kier molecular flexibility index (Phi) is 7.07. The molecule has 1 N–H and O–H groups in total. The molecule has 0 aliphatic rings. The molecule has 4 rings (SSSR count). The first-order valence-electron chi connectivity index (χ1n) is 10.00. The molecule has 4 aromatic rings. The van der Waals surface area contributed by atoms with E-state index in [9.17, 15) is 9.59 Å². The predicted octanol–water partition coefficient (Wildman–Crippen LogP) is 7.69. The SMILES string of the molecule is O=C(Nc1ccc(Br)cc1)c1cc(Cl)ccc1OC(=O)N(c1ccccc1)c1ccccc1. The summed E-state index contributed by atoms with van der Waals surface area (Å²) in [7, 11) is 0. The molecule has 7 heteroatoms. The summed E-state index contributed by atoms with van der Waals surface area (Å²) >= 11 is 9.50. The van der Waals surface area contributed by atoms with Crippen molar-refractivity contribution in [1.82, 2.24) is 0 Å². The number of anilines is 3. The number of benzene rings is 4. The Bertz CT molecular complexity index is 1230. The van der Waals surface area contributed by atoms with Crippen LogP contribution in [0.5, 0.6) is 5.75 Å². The molecule has 0 atom stereocenters. The number of rotatable bonds is 5. The smallest absolute Gasteiger partial charge is 0.409 e. The summed E-state index contributed by atoms with van der Waals surface area (Å²) in [5.41, 5.74) is 1.99. The Balaban J connectivity index is 1.64. The van der Waals surface area contributed by atoms with Crippen LogP contribution in [-0.2, 0) is 0 Å². The van der Waals surface area contributed by atoms with Gasteiger partial charge in [-0.25, -0.2) is 9.69 Å². The van der Waals surface area contributed by atoms with Crippen LogP contribution in [0, 0.1) is 0 Å². The van der Waals surface area contributed by atoms with E-state index in [0.29, 0.717) is 22.1 Å². The molecule has 0 unspecified atom stereocenters. The highest BCUT2D eigenvalue weighted by Crippen LogP contribution is 2.29. The van der Waals surface area contributed by atoms with Crippen LogP contribution in [-0.4, -0.2) is 12.0 Å². The molecular formula is C26H18BrClN2O3. The second-order valence-electron chi connectivity index (χ2n) is 6.98. The zero-order chi connectivity index (χ0) is 23.2. The molecule has 0 saturated heterocycles. The van der Waals surface area contributed by atoms with Crippen molar-refractivity contribution in [3.63, 3.8) is 0 Å². The van der Waals surface area contributed by atoms with E-state index in [2.05, 4.69) is 21.2 Å². The van der Waals surface area contributed by atoms with Crippen molar-refractivity contribution in [1.29, 1.82) is 0 Å². The molecule has 0 fully saturated rings. The van der Waals surface area contributed by atoms with E-state index < -0.39 is 12.0 Å². The Morgan fingerprint density at radius 1 is 0.788 bits per heavy atom. The summed E-state index contributed by atoms with van der Waals surface area (Å²) in [5.74, 6) is -0.357. The first kappa shape index (κ1) is 22.6. The zero-order valence-electron chi connectivity index (χ0n) is 17.2. The molecule has 0 bridgehead atoms. The van der Waals surface area contributed by atoms with Gasteiger partial charge >= 0.3 is 6.09 Å². The van der Waals surface area contributed by atoms with Crippen molar-refractivity contribution in [2.45, 2.75) is 0 Å².